The molecule has 13 heavy (non-hydrogen) atoms. The third-order valence-corrected chi connectivity index (χ3v) is 2.01. The second-order valence-corrected chi connectivity index (χ2v) is 3.08. The van der Waals surface area contributed by atoms with Crippen molar-refractivity contribution in [3.63, 3.8) is 0 Å². The second-order valence-electron chi connectivity index (χ2n) is 3.08. The number of aliphatic hydroxyl groups is 2. The molecule has 2 N–H and O–H groups in total. The number of rotatable bonds is 4. The molecule has 0 aromatic carbocycles. The highest BCUT2D eigenvalue weighted by atomic mass is 16.3. The third kappa shape index (κ3) is 2.64. The van der Waals surface area contributed by atoms with Gasteiger partial charge in [-0.2, -0.15) is 0 Å². The maximum atomic E-state index is 9.64. The molecule has 0 amide bonds. The number of unbranched alkanes of at least 4 members (excludes halogenated alkanes) is 1. The van der Waals surface area contributed by atoms with Crippen molar-refractivity contribution >= 4 is 0 Å². The van der Waals surface area contributed by atoms with E-state index in [0.717, 1.165) is 12.8 Å². The van der Waals surface area contributed by atoms with Gasteiger partial charge in [-0.1, -0.05) is 31.2 Å². The lowest BCUT2D eigenvalue weighted by molar-refractivity contribution is 0.194. The molecule has 0 radical (unpaired) electrons. The van der Waals surface area contributed by atoms with Crippen LogP contribution in [-0.4, -0.2) is 16.3 Å². The summed E-state index contributed by atoms with van der Waals surface area (Å²) in [5.74, 6) is 0.0994. The largest absolute Gasteiger partial charge is 0.507 e. The summed E-state index contributed by atoms with van der Waals surface area (Å²) in [6, 6.07) is 0. The van der Waals surface area contributed by atoms with Crippen LogP contribution >= 0.6 is 0 Å². The van der Waals surface area contributed by atoms with Crippen LogP contribution in [0.5, 0.6) is 0 Å². The van der Waals surface area contributed by atoms with Gasteiger partial charge in [0.2, 0.25) is 0 Å². The zero-order valence-corrected chi connectivity index (χ0v) is 7.75. The van der Waals surface area contributed by atoms with Crippen LogP contribution in [-0.2, 0) is 0 Å². The summed E-state index contributed by atoms with van der Waals surface area (Å²) in [7, 11) is 0. The first-order valence-electron chi connectivity index (χ1n) is 4.54. The summed E-state index contributed by atoms with van der Waals surface area (Å²) < 4.78 is 0. The smallest absolute Gasteiger partial charge is 0.130 e. The van der Waals surface area contributed by atoms with Crippen LogP contribution in [0.25, 0.3) is 0 Å². The van der Waals surface area contributed by atoms with Crippen molar-refractivity contribution in [3.05, 3.63) is 34.9 Å². The highest BCUT2D eigenvalue weighted by Crippen LogP contribution is 2.16. The zero-order chi connectivity index (χ0) is 9.68. The van der Waals surface area contributed by atoms with Gasteiger partial charge in [0.15, 0.2) is 0 Å². The summed E-state index contributed by atoms with van der Waals surface area (Å²) in [6.07, 6.45) is 5.10. The van der Waals surface area contributed by atoms with Gasteiger partial charge in [-0.15, -0.1) is 0 Å². The summed E-state index contributed by atoms with van der Waals surface area (Å²) in [5, 5.41) is 19.0. The van der Waals surface area contributed by atoms with Crippen LogP contribution in [0.2, 0.25) is 0 Å². The van der Waals surface area contributed by atoms with E-state index < -0.39 is 6.10 Å². The molecule has 1 atom stereocenters. The Balaban J connectivity index is 2.62. The van der Waals surface area contributed by atoms with Gasteiger partial charge in [0.1, 0.15) is 5.76 Å². The van der Waals surface area contributed by atoms with Crippen LogP contribution in [0.15, 0.2) is 34.9 Å². The van der Waals surface area contributed by atoms with E-state index in [0.29, 0.717) is 12.0 Å². The van der Waals surface area contributed by atoms with Crippen molar-refractivity contribution < 1.29 is 10.2 Å². The predicted molar refractivity (Wildman–Crippen MR) is 51.4 cm³/mol. The Morgan fingerprint density at radius 3 is 2.69 bits per heavy atom. The fraction of sp³-hybridized carbons (Fsp3) is 0.455. The molecule has 0 bridgehead atoms. The van der Waals surface area contributed by atoms with Crippen LogP contribution in [0.4, 0.5) is 0 Å². The molecule has 0 saturated heterocycles. The van der Waals surface area contributed by atoms with Gasteiger partial charge in [-0.3, -0.25) is 0 Å². The zero-order valence-electron chi connectivity index (χ0n) is 7.75. The lowest BCUT2D eigenvalue weighted by Crippen LogP contribution is -2.11. The highest BCUT2D eigenvalue weighted by molar-refractivity contribution is 5.34. The van der Waals surface area contributed by atoms with Crippen molar-refractivity contribution in [1.29, 1.82) is 0 Å². The van der Waals surface area contributed by atoms with Crippen LogP contribution < -0.4 is 0 Å². The SMILES string of the molecule is CCCCC(O)C1=C(O)C=C=C=C1. The second kappa shape index (κ2) is 4.74. The van der Waals surface area contributed by atoms with Gasteiger partial charge in [-0.25, -0.2) is 0 Å². The maximum absolute atomic E-state index is 9.64. The average Bonchev–Trinajstić information content (AvgIpc) is 2.15. The van der Waals surface area contributed by atoms with E-state index in [4.69, 9.17) is 0 Å². The molecule has 1 aliphatic rings. The maximum Gasteiger partial charge on any atom is 0.130 e. The van der Waals surface area contributed by atoms with Gasteiger partial charge in [0, 0.05) is 11.6 Å². The standard InChI is InChI=1S/C11H14O2/c1-2-3-7-10(12)9-6-4-5-8-11(9)13/h6,8,10,12-13H,2-3,7H2,1H3. The topological polar surface area (TPSA) is 40.5 Å². The molecular formula is C11H14O2. The molecule has 0 spiro atoms. The lowest BCUT2D eigenvalue weighted by atomic mass is 10.0. The van der Waals surface area contributed by atoms with Crippen LogP contribution in [0.1, 0.15) is 26.2 Å². The van der Waals surface area contributed by atoms with Crippen molar-refractivity contribution in [2.45, 2.75) is 32.3 Å². The quantitative estimate of drug-likeness (QED) is 0.648. The molecule has 0 fully saturated rings. The third-order valence-electron chi connectivity index (χ3n) is 2.01. The number of hydrogen-bond donors (Lipinski definition) is 2. The summed E-state index contributed by atoms with van der Waals surface area (Å²) in [5.41, 5.74) is 5.89. The van der Waals surface area contributed by atoms with Gasteiger partial charge in [0.25, 0.3) is 0 Å². The first kappa shape index (κ1) is 9.88. The van der Waals surface area contributed by atoms with Gasteiger partial charge >= 0.3 is 0 Å². The van der Waals surface area contributed by atoms with E-state index in [9.17, 15) is 10.2 Å². The molecule has 0 saturated carbocycles. The fourth-order valence-electron chi connectivity index (χ4n) is 1.21. The van der Waals surface area contributed by atoms with Gasteiger partial charge < -0.3 is 10.2 Å². The Hall–Kier alpha value is -1.20. The molecule has 0 aromatic rings. The molecule has 2 heteroatoms. The normalized spacial score (nSPS) is 16.8. The Kier molecular flexibility index (Phi) is 3.60. The van der Waals surface area contributed by atoms with Crippen molar-refractivity contribution in [1.82, 2.24) is 0 Å². The Morgan fingerprint density at radius 1 is 1.38 bits per heavy atom. The molecule has 1 unspecified atom stereocenters. The number of hydrogen-bond acceptors (Lipinski definition) is 2. The molecule has 0 aromatic heterocycles. The highest BCUT2D eigenvalue weighted by Gasteiger charge is 2.12. The summed E-state index contributed by atoms with van der Waals surface area (Å²) in [4.78, 5) is 0. The van der Waals surface area contributed by atoms with E-state index >= 15 is 0 Å². The molecule has 1 rings (SSSR count). The van der Waals surface area contributed by atoms with E-state index in [-0.39, 0.29) is 5.76 Å². The molecule has 0 heterocycles. The molecule has 1 aliphatic carbocycles. The van der Waals surface area contributed by atoms with E-state index in [1.807, 2.05) is 0 Å². The summed E-state index contributed by atoms with van der Waals surface area (Å²) in [6.45, 7) is 2.07. The molecule has 0 aliphatic heterocycles. The van der Waals surface area contributed by atoms with Crippen molar-refractivity contribution in [2.75, 3.05) is 0 Å². The summed E-state index contributed by atoms with van der Waals surface area (Å²) >= 11 is 0. The minimum atomic E-state index is -0.578. The van der Waals surface area contributed by atoms with E-state index in [1.165, 1.54) is 6.08 Å². The first-order valence-corrected chi connectivity index (χ1v) is 4.54. The van der Waals surface area contributed by atoms with E-state index in [1.54, 1.807) is 6.08 Å². The molecule has 2 nitrogen and oxygen atoms in total. The van der Waals surface area contributed by atoms with E-state index in [2.05, 4.69) is 18.4 Å². The number of aliphatic hydroxyl groups excluding tert-OH is 2. The molecular weight excluding hydrogens is 164 g/mol. The predicted octanol–water partition coefficient (Wildman–Crippen LogP) is 2.23. The van der Waals surface area contributed by atoms with Crippen molar-refractivity contribution in [2.24, 2.45) is 0 Å². The fourth-order valence-corrected chi connectivity index (χ4v) is 1.21. The van der Waals surface area contributed by atoms with Crippen LogP contribution in [0.3, 0.4) is 0 Å². The van der Waals surface area contributed by atoms with Gasteiger partial charge in [-0.05, 0) is 12.5 Å². The minimum absolute atomic E-state index is 0.0994. The monoisotopic (exact) mass is 178 g/mol. The number of allylic oxidation sites excluding steroid dienone is 1. The van der Waals surface area contributed by atoms with Crippen LogP contribution in [0, 0.1) is 0 Å². The lowest BCUT2D eigenvalue weighted by Gasteiger charge is -2.12. The minimum Gasteiger partial charge on any atom is -0.507 e. The Morgan fingerprint density at radius 2 is 2.08 bits per heavy atom. The van der Waals surface area contributed by atoms with Gasteiger partial charge in [0.05, 0.1) is 6.10 Å². The first-order chi connectivity index (χ1) is 6.25. The molecule has 70 valence electrons. The van der Waals surface area contributed by atoms with Crippen molar-refractivity contribution in [3.8, 4) is 0 Å². The Bertz CT molecular complexity index is 300. The average molecular weight is 178 g/mol. The Labute approximate surface area is 78.2 Å².